The molecule has 0 fully saturated rings. The molecule has 194 valence electrons. The highest BCUT2D eigenvalue weighted by Gasteiger charge is 2.30. The Balaban J connectivity index is 1.70. The number of hydrogen-bond donors (Lipinski definition) is 3. The number of carbonyl (C=O) groups excluding carboxylic acids is 1. The average molecular weight is 504 g/mol. The predicted octanol–water partition coefficient (Wildman–Crippen LogP) is 5.19. The molecule has 1 aromatic heterocycles. The number of nitrogens with two attached hydrogens (primary N) is 2. The van der Waals surface area contributed by atoms with Gasteiger partial charge in [0.2, 0.25) is 5.95 Å². The van der Waals surface area contributed by atoms with E-state index >= 15 is 0 Å². The summed E-state index contributed by atoms with van der Waals surface area (Å²) in [5.41, 5.74) is 15.8. The number of nitrogens with zero attached hydrogens (tertiary/aromatic N) is 2. The lowest BCUT2D eigenvalue weighted by Crippen LogP contribution is -2.29. The summed E-state index contributed by atoms with van der Waals surface area (Å²) in [6, 6.07) is 11.6. The maximum Gasteiger partial charge on any atom is 0.412 e. The van der Waals surface area contributed by atoms with Gasteiger partial charge in [0.25, 0.3) is 0 Å². The molecule has 0 radical (unpaired) electrons. The number of carbonyl (C=O) groups is 1. The van der Waals surface area contributed by atoms with Gasteiger partial charge in [-0.2, -0.15) is 4.98 Å². The van der Waals surface area contributed by atoms with E-state index < -0.39 is 17.3 Å². The molecule has 4 rings (SSSR count). The molecule has 0 bridgehead atoms. The molecule has 9 heteroatoms. The molecule has 2 heterocycles. The quantitative estimate of drug-likeness (QED) is 0.433. The fraction of sp³-hybridized carbons (Fsp3) is 0.321. The van der Waals surface area contributed by atoms with E-state index in [-0.39, 0.29) is 5.95 Å². The van der Waals surface area contributed by atoms with Crippen LogP contribution in [0, 0.1) is 0 Å². The maximum absolute atomic E-state index is 12.2. The van der Waals surface area contributed by atoms with Gasteiger partial charge in [-0.15, -0.1) is 0 Å². The number of amides is 1. The summed E-state index contributed by atoms with van der Waals surface area (Å²) in [6.45, 7) is 9.46. The van der Waals surface area contributed by atoms with Crippen molar-refractivity contribution in [3.63, 3.8) is 0 Å². The summed E-state index contributed by atoms with van der Waals surface area (Å²) >= 11 is 0. The van der Waals surface area contributed by atoms with E-state index in [0.717, 1.165) is 27.8 Å². The van der Waals surface area contributed by atoms with E-state index in [1.165, 1.54) is 0 Å². The number of fused-ring (bicyclic) bond motifs is 1. The molecule has 0 atom stereocenters. The molecule has 0 aliphatic carbocycles. The van der Waals surface area contributed by atoms with Gasteiger partial charge in [0.05, 0.1) is 7.11 Å². The van der Waals surface area contributed by atoms with E-state index in [4.69, 9.17) is 25.7 Å². The zero-order chi connectivity index (χ0) is 27.0. The van der Waals surface area contributed by atoms with Crippen molar-refractivity contribution in [3.05, 3.63) is 70.9 Å². The smallest absolute Gasteiger partial charge is 0.412 e. The number of nitrogen functional groups attached to an aromatic ring is 2. The van der Waals surface area contributed by atoms with Gasteiger partial charge in [0.15, 0.2) is 11.5 Å². The van der Waals surface area contributed by atoms with Crippen molar-refractivity contribution in [2.75, 3.05) is 23.9 Å². The van der Waals surface area contributed by atoms with Gasteiger partial charge in [-0.05, 0) is 81.7 Å². The molecule has 37 heavy (non-hydrogen) atoms. The van der Waals surface area contributed by atoms with E-state index in [0.29, 0.717) is 29.4 Å². The van der Waals surface area contributed by atoms with Gasteiger partial charge in [-0.3, -0.25) is 5.32 Å². The first-order valence-electron chi connectivity index (χ1n) is 11.9. The minimum absolute atomic E-state index is 0.134. The van der Waals surface area contributed by atoms with Crippen molar-refractivity contribution in [2.45, 2.75) is 52.2 Å². The van der Waals surface area contributed by atoms with Crippen LogP contribution in [0.2, 0.25) is 0 Å². The van der Waals surface area contributed by atoms with E-state index in [9.17, 15) is 4.79 Å². The Morgan fingerprint density at radius 3 is 2.46 bits per heavy atom. The number of benzene rings is 2. The van der Waals surface area contributed by atoms with Crippen LogP contribution in [-0.4, -0.2) is 34.4 Å². The van der Waals surface area contributed by atoms with Crippen LogP contribution in [0.25, 0.3) is 5.57 Å². The van der Waals surface area contributed by atoms with Crippen molar-refractivity contribution in [3.8, 4) is 11.5 Å². The largest absolute Gasteiger partial charge is 0.493 e. The van der Waals surface area contributed by atoms with Crippen LogP contribution in [0.5, 0.6) is 11.5 Å². The van der Waals surface area contributed by atoms with Gasteiger partial charge < -0.3 is 25.7 Å². The van der Waals surface area contributed by atoms with Crippen LogP contribution in [0.15, 0.2) is 48.7 Å². The predicted molar refractivity (Wildman–Crippen MR) is 145 cm³/mol. The number of rotatable bonds is 5. The third-order valence-electron chi connectivity index (χ3n) is 5.63. The first-order chi connectivity index (χ1) is 17.3. The first-order valence-corrected chi connectivity index (χ1v) is 11.9. The van der Waals surface area contributed by atoms with Gasteiger partial charge >= 0.3 is 6.09 Å². The summed E-state index contributed by atoms with van der Waals surface area (Å²) in [5, 5.41) is 2.77. The topological polar surface area (TPSA) is 135 Å². The zero-order valence-electron chi connectivity index (χ0n) is 22.0. The van der Waals surface area contributed by atoms with Crippen LogP contribution in [0.1, 0.15) is 56.9 Å². The van der Waals surface area contributed by atoms with Crippen molar-refractivity contribution in [1.29, 1.82) is 0 Å². The fourth-order valence-corrected chi connectivity index (χ4v) is 4.12. The number of aromatic nitrogens is 2. The van der Waals surface area contributed by atoms with Crippen molar-refractivity contribution < 1.29 is 19.0 Å². The molecule has 5 N–H and O–H groups in total. The highest BCUT2D eigenvalue weighted by molar-refractivity contribution is 5.88. The molecule has 0 saturated heterocycles. The van der Waals surface area contributed by atoms with E-state index in [1.807, 2.05) is 65.0 Å². The Morgan fingerprint density at radius 2 is 1.84 bits per heavy atom. The first kappa shape index (κ1) is 25.8. The van der Waals surface area contributed by atoms with Crippen molar-refractivity contribution in [1.82, 2.24) is 9.97 Å². The van der Waals surface area contributed by atoms with Gasteiger partial charge in [-0.25, -0.2) is 9.78 Å². The molecule has 0 unspecified atom stereocenters. The second kappa shape index (κ2) is 9.65. The van der Waals surface area contributed by atoms with Gasteiger partial charge in [0, 0.05) is 29.4 Å². The SMILES string of the molecule is COc1cc(Cc2cnc(N)nc2N)cc2c1OC(C)(C)C=C2c1ccc(NC(=O)OC(C)(C)C)cc1. The van der Waals surface area contributed by atoms with Crippen molar-refractivity contribution >= 4 is 29.1 Å². The second-order valence-electron chi connectivity index (χ2n) is 10.5. The van der Waals surface area contributed by atoms with Crippen LogP contribution in [0.4, 0.5) is 22.2 Å². The monoisotopic (exact) mass is 503 g/mol. The maximum atomic E-state index is 12.2. The summed E-state index contributed by atoms with van der Waals surface area (Å²) in [6.07, 6.45) is 3.70. The lowest BCUT2D eigenvalue weighted by molar-refractivity contribution is 0.0636. The number of anilines is 3. The Kier molecular flexibility index (Phi) is 6.73. The second-order valence-corrected chi connectivity index (χ2v) is 10.5. The molecule has 9 nitrogen and oxygen atoms in total. The highest BCUT2D eigenvalue weighted by atomic mass is 16.6. The third kappa shape index (κ3) is 6.11. The number of hydrogen-bond acceptors (Lipinski definition) is 8. The standard InChI is InChI=1S/C28H33N5O4/c1-27(2,3)37-26(34)32-19-9-7-17(8-10-19)21-14-28(4,5)36-23-20(21)12-16(13-22(23)35-6)11-18-15-31-25(30)33-24(18)29/h7-10,12-15H,11H2,1-6H3,(H,32,34)(H4,29,30,31,33). The Hall–Kier alpha value is -4.27. The van der Waals surface area contributed by atoms with Crippen LogP contribution < -0.4 is 26.3 Å². The Labute approximate surface area is 216 Å². The lowest BCUT2D eigenvalue weighted by atomic mass is 9.88. The van der Waals surface area contributed by atoms with E-state index in [2.05, 4.69) is 27.4 Å². The minimum atomic E-state index is -0.577. The zero-order valence-corrected chi connectivity index (χ0v) is 22.0. The molecule has 2 aromatic carbocycles. The summed E-state index contributed by atoms with van der Waals surface area (Å²) < 4.78 is 17.4. The normalized spacial score (nSPS) is 14.2. The third-order valence-corrected chi connectivity index (χ3v) is 5.63. The fourth-order valence-electron chi connectivity index (χ4n) is 4.12. The Morgan fingerprint density at radius 1 is 1.14 bits per heavy atom. The minimum Gasteiger partial charge on any atom is -0.493 e. The Bertz CT molecular complexity index is 1360. The van der Waals surface area contributed by atoms with Crippen LogP contribution >= 0.6 is 0 Å². The summed E-state index contributed by atoms with van der Waals surface area (Å²) in [4.78, 5) is 20.3. The summed E-state index contributed by atoms with van der Waals surface area (Å²) in [7, 11) is 1.62. The molecule has 3 aromatic rings. The van der Waals surface area contributed by atoms with Gasteiger partial charge in [-0.1, -0.05) is 12.1 Å². The number of ether oxygens (including phenoxy) is 3. The molecule has 1 aliphatic rings. The number of methoxy groups -OCH3 is 1. The highest BCUT2D eigenvalue weighted by Crippen LogP contribution is 2.45. The lowest BCUT2D eigenvalue weighted by Gasteiger charge is -2.32. The molecule has 1 aliphatic heterocycles. The van der Waals surface area contributed by atoms with Crippen LogP contribution in [0.3, 0.4) is 0 Å². The molecular formula is C28H33N5O4. The average Bonchev–Trinajstić information content (AvgIpc) is 2.79. The number of nitrogens with one attached hydrogen (secondary N) is 1. The van der Waals surface area contributed by atoms with Crippen molar-refractivity contribution in [2.24, 2.45) is 0 Å². The van der Waals surface area contributed by atoms with E-state index in [1.54, 1.807) is 13.3 Å². The molecule has 0 spiro atoms. The van der Waals surface area contributed by atoms with Crippen LogP contribution in [-0.2, 0) is 11.2 Å². The molecular weight excluding hydrogens is 470 g/mol. The molecule has 0 saturated carbocycles. The van der Waals surface area contributed by atoms with Gasteiger partial charge in [0.1, 0.15) is 17.0 Å². The summed E-state index contributed by atoms with van der Waals surface area (Å²) in [5.74, 6) is 1.75. The molecule has 1 amide bonds.